The lowest BCUT2D eigenvalue weighted by Gasteiger charge is -2.12. The summed E-state index contributed by atoms with van der Waals surface area (Å²) in [6, 6.07) is 17.6. The van der Waals surface area contributed by atoms with Gasteiger partial charge in [-0.25, -0.2) is 9.59 Å². The minimum absolute atomic E-state index is 0.0921. The van der Waals surface area contributed by atoms with Gasteiger partial charge in [-0.2, -0.15) is 0 Å². The van der Waals surface area contributed by atoms with Gasteiger partial charge in [-0.1, -0.05) is 12.1 Å². The second kappa shape index (κ2) is 6.98. The van der Waals surface area contributed by atoms with E-state index in [2.05, 4.69) is 0 Å². The van der Waals surface area contributed by atoms with Crippen LogP contribution in [-0.4, -0.2) is 17.0 Å². The van der Waals surface area contributed by atoms with Crippen molar-refractivity contribution in [1.29, 1.82) is 0 Å². The summed E-state index contributed by atoms with van der Waals surface area (Å²) in [4.78, 5) is 23.3. The second-order valence-corrected chi connectivity index (χ2v) is 5.65. The summed E-state index contributed by atoms with van der Waals surface area (Å²) >= 11 is 0. The molecular formula is C20H16N2O4. The summed E-state index contributed by atoms with van der Waals surface area (Å²) in [5.74, 6) is -1.33. The van der Waals surface area contributed by atoms with Crippen LogP contribution in [0.4, 0.5) is 11.4 Å². The minimum atomic E-state index is -1.06. The average Bonchev–Trinajstić information content (AvgIpc) is 2.63. The third-order valence-corrected chi connectivity index (χ3v) is 3.77. The van der Waals surface area contributed by atoms with E-state index in [1.807, 2.05) is 6.07 Å². The number of hydrogen-bond acceptors (Lipinski definition) is 5. The number of rotatable bonds is 4. The van der Waals surface area contributed by atoms with Crippen molar-refractivity contribution in [3.8, 4) is 16.9 Å². The Morgan fingerprint density at radius 3 is 2.12 bits per heavy atom. The lowest BCUT2D eigenvalue weighted by atomic mass is 10.0. The van der Waals surface area contributed by atoms with E-state index in [9.17, 15) is 9.59 Å². The van der Waals surface area contributed by atoms with Gasteiger partial charge in [0.15, 0.2) is 0 Å². The molecule has 5 N–H and O–H groups in total. The predicted molar refractivity (Wildman–Crippen MR) is 99.1 cm³/mol. The van der Waals surface area contributed by atoms with E-state index in [1.54, 1.807) is 36.4 Å². The van der Waals surface area contributed by atoms with Crippen LogP contribution in [0.2, 0.25) is 0 Å². The van der Waals surface area contributed by atoms with Crippen LogP contribution in [0.3, 0.4) is 0 Å². The smallest absolute Gasteiger partial charge is 0.343 e. The minimum Gasteiger partial charge on any atom is -0.478 e. The number of benzene rings is 3. The van der Waals surface area contributed by atoms with Crippen molar-refractivity contribution in [3.63, 3.8) is 0 Å². The summed E-state index contributed by atoms with van der Waals surface area (Å²) in [5, 5.41) is 8.92. The molecule has 0 saturated carbocycles. The fraction of sp³-hybridized carbons (Fsp3) is 0. The number of carboxylic acid groups (broad SMARTS) is 1. The molecule has 3 rings (SSSR count). The fourth-order valence-corrected chi connectivity index (χ4v) is 2.48. The zero-order chi connectivity index (χ0) is 18.7. The largest absolute Gasteiger partial charge is 0.478 e. The second-order valence-electron chi connectivity index (χ2n) is 5.65. The van der Waals surface area contributed by atoms with Crippen molar-refractivity contribution < 1.29 is 19.4 Å². The standard InChI is InChI=1S/C20H16N2O4/c21-15-3-1-2-14(10-15)17-11-16(22)8-9-18(17)26-20(25)13-6-4-12(5-7-13)19(23)24/h1-11H,21-22H2,(H,23,24). The molecule has 3 aromatic carbocycles. The van der Waals surface area contributed by atoms with Crippen molar-refractivity contribution in [2.24, 2.45) is 0 Å². The summed E-state index contributed by atoms with van der Waals surface area (Å²) in [6.07, 6.45) is 0. The van der Waals surface area contributed by atoms with Crippen molar-refractivity contribution in [3.05, 3.63) is 77.9 Å². The number of ether oxygens (including phenoxy) is 1. The molecule has 26 heavy (non-hydrogen) atoms. The molecule has 0 atom stereocenters. The number of aromatic carboxylic acids is 1. The highest BCUT2D eigenvalue weighted by atomic mass is 16.5. The van der Waals surface area contributed by atoms with Crippen LogP contribution in [-0.2, 0) is 0 Å². The van der Waals surface area contributed by atoms with Gasteiger partial charge in [0.25, 0.3) is 0 Å². The predicted octanol–water partition coefficient (Wildman–Crippen LogP) is 3.44. The lowest BCUT2D eigenvalue weighted by Crippen LogP contribution is -2.10. The Morgan fingerprint density at radius 1 is 0.808 bits per heavy atom. The Kier molecular flexibility index (Phi) is 4.57. The van der Waals surface area contributed by atoms with Crippen molar-refractivity contribution >= 4 is 23.3 Å². The number of carboxylic acids is 1. The molecule has 6 heteroatoms. The van der Waals surface area contributed by atoms with Crippen LogP contribution >= 0.6 is 0 Å². The molecule has 0 bridgehead atoms. The fourth-order valence-electron chi connectivity index (χ4n) is 2.48. The number of nitrogens with two attached hydrogens (primary N) is 2. The van der Waals surface area contributed by atoms with E-state index >= 15 is 0 Å². The molecule has 3 aromatic rings. The average molecular weight is 348 g/mol. The van der Waals surface area contributed by atoms with Crippen molar-refractivity contribution in [2.45, 2.75) is 0 Å². The Balaban J connectivity index is 1.92. The first kappa shape index (κ1) is 17.0. The number of carbonyl (C=O) groups is 2. The highest BCUT2D eigenvalue weighted by Gasteiger charge is 2.14. The van der Waals surface area contributed by atoms with E-state index in [4.69, 9.17) is 21.3 Å². The number of anilines is 2. The van der Waals surface area contributed by atoms with Crippen LogP contribution < -0.4 is 16.2 Å². The van der Waals surface area contributed by atoms with Gasteiger partial charge in [0, 0.05) is 16.9 Å². The number of carbonyl (C=O) groups excluding carboxylic acids is 1. The van der Waals surface area contributed by atoms with E-state index < -0.39 is 11.9 Å². The van der Waals surface area contributed by atoms with Gasteiger partial charge in [-0.15, -0.1) is 0 Å². The van der Waals surface area contributed by atoms with Gasteiger partial charge in [-0.3, -0.25) is 0 Å². The molecule has 0 heterocycles. The number of esters is 1. The molecule has 0 saturated heterocycles. The third kappa shape index (κ3) is 3.64. The summed E-state index contributed by atoms with van der Waals surface area (Å²) in [5.41, 5.74) is 14.5. The first-order chi connectivity index (χ1) is 12.4. The molecule has 0 radical (unpaired) electrons. The van der Waals surface area contributed by atoms with Gasteiger partial charge >= 0.3 is 11.9 Å². The first-order valence-electron chi connectivity index (χ1n) is 7.75. The number of hydrogen-bond donors (Lipinski definition) is 3. The molecule has 0 aromatic heterocycles. The zero-order valence-corrected chi connectivity index (χ0v) is 13.7. The van der Waals surface area contributed by atoms with Crippen LogP contribution in [0.5, 0.6) is 5.75 Å². The third-order valence-electron chi connectivity index (χ3n) is 3.77. The maximum atomic E-state index is 12.4. The van der Waals surface area contributed by atoms with Crippen LogP contribution in [0.15, 0.2) is 66.7 Å². The van der Waals surface area contributed by atoms with Gasteiger partial charge in [0.1, 0.15) is 5.75 Å². The monoisotopic (exact) mass is 348 g/mol. The SMILES string of the molecule is Nc1cccc(-c2cc(N)ccc2OC(=O)c2ccc(C(=O)O)cc2)c1. The Labute approximate surface area is 149 Å². The molecule has 0 amide bonds. The van der Waals surface area contributed by atoms with E-state index in [-0.39, 0.29) is 11.1 Å². The van der Waals surface area contributed by atoms with Gasteiger partial charge in [0.2, 0.25) is 0 Å². The van der Waals surface area contributed by atoms with Crippen molar-refractivity contribution in [1.82, 2.24) is 0 Å². The lowest BCUT2D eigenvalue weighted by molar-refractivity contribution is 0.0692. The van der Waals surface area contributed by atoms with Crippen molar-refractivity contribution in [2.75, 3.05) is 11.5 Å². The topological polar surface area (TPSA) is 116 Å². The molecule has 130 valence electrons. The molecule has 6 nitrogen and oxygen atoms in total. The van der Waals surface area contributed by atoms with E-state index in [1.165, 1.54) is 24.3 Å². The highest BCUT2D eigenvalue weighted by molar-refractivity contribution is 5.94. The van der Waals surface area contributed by atoms with Gasteiger partial charge in [-0.05, 0) is 60.2 Å². The van der Waals surface area contributed by atoms with E-state index in [0.717, 1.165) is 5.56 Å². The van der Waals surface area contributed by atoms with Crippen LogP contribution in [0, 0.1) is 0 Å². The quantitative estimate of drug-likeness (QED) is 0.378. The first-order valence-corrected chi connectivity index (χ1v) is 7.75. The molecule has 0 spiro atoms. The molecule has 0 aliphatic carbocycles. The Hall–Kier alpha value is -3.80. The summed E-state index contributed by atoms with van der Waals surface area (Å²) < 4.78 is 5.50. The Bertz CT molecular complexity index is 981. The maximum Gasteiger partial charge on any atom is 0.343 e. The molecular weight excluding hydrogens is 332 g/mol. The molecule has 0 aliphatic heterocycles. The number of nitrogen functional groups attached to an aromatic ring is 2. The maximum absolute atomic E-state index is 12.4. The van der Waals surface area contributed by atoms with Crippen LogP contribution in [0.25, 0.3) is 11.1 Å². The van der Waals surface area contributed by atoms with E-state index in [0.29, 0.717) is 22.7 Å². The summed E-state index contributed by atoms with van der Waals surface area (Å²) in [7, 11) is 0. The molecule has 0 aliphatic rings. The van der Waals surface area contributed by atoms with Gasteiger partial charge < -0.3 is 21.3 Å². The molecule has 0 fully saturated rings. The normalized spacial score (nSPS) is 10.3. The zero-order valence-electron chi connectivity index (χ0n) is 13.7. The van der Waals surface area contributed by atoms with Gasteiger partial charge in [0.05, 0.1) is 11.1 Å². The highest BCUT2D eigenvalue weighted by Crippen LogP contribution is 2.33. The summed E-state index contributed by atoms with van der Waals surface area (Å²) in [6.45, 7) is 0. The Morgan fingerprint density at radius 2 is 1.46 bits per heavy atom. The van der Waals surface area contributed by atoms with Crippen LogP contribution in [0.1, 0.15) is 20.7 Å². The molecule has 0 unspecified atom stereocenters.